The zero-order valence-electron chi connectivity index (χ0n) is 5.71. The second-order valence-electron chi connectivity index (χ2n) is 2.59. The summed E-state index contributed by atoms with van der Waals surface area (Å²) < 4.78 is 0. The SMILES string of the molecule is N[C@H](NC(=O)CS)C1CC1. The molecule has 0 aromatic carbocycles. The Morgan fingerprint density at radius 3 is 2.80 bits per heavy atom. The molecule has 0 spiro atoms. The summed E-state index contributed by atoms with van der Waals surface area (Å²) in [5.41, 5.74) is 5.59. The second kappa shape index (κ2) is 3.25. The maximum absolute atomic E-state index is 10.7. The topological polar surface area (TPSA) is 55.1 Å². The Morgan fingerprint density at radius 1 is 1.80 bits per heavy atom. The van der Waals surface area contributed by atoms with Crippen LogP contribution in [-0.2, 0) is 4.79 Å². The first-order valence-corrected chi connectivity index (χ1v) is 4.03. The summed E-state index contributed by atoms with van der Waals surface area (Å²) in [6.45, 7) is 0. The number of rotatable bonds is 3. The number of hydrogen-bond donors (Lipinski definition) is 3. The lowest BCUT2D eigenvalue weighted by atomic mass is 10.3. The maximum Gasteiger partial charge on any atom is 0.230 e. The lowest BCUT2D eigenvalue weighted by molar-refractivity contribution is -0.119. The van der Waals surface area contributed by atoms with Crippen molar-refractivity contribution in [3.8, 4) is 0 Å². The van der Waals surface area contributed by atoms with Gasteiger partial charge in [0.2, 0.25) is 5.91 Å². The van der Waals surface area contributed by atoms with Crippen molar-refractivity contribution in [3.05, 3.63) is 0 Å². The molecule has 1 fully saturated rings. The minimum atomic E-state index is -0.139. The third-order valence-electron chi connectivity index (χ3n) is 1.60. The van der Waals surface area contributed by atoms with Crippen LogP contribution in [0.1, 0.15) is 12.8 Å². The molecule has 1 atom stereocenters. The summed E-state index contributed by atoms with van der Waals surface area (Å²) in [4.78, 5) is 10.7. The van der Waals surface area contributed by atoms with Crippen LogP contribution >= 0.6 is 12.6 Å². The summed E-state index contributed by atoms with van der Waals surface area (Å²) in [5.74, 6) is 0.659. The van der Waals surface area contributed by atoms with Crippen LogP contribution in [0.2, 0.25) is 0 Å². The fourth-order valence-corrected chi connectivity index (χ4v) is 0.896. The van der Waals surface area contributed by atoms with Crippen molar-refractivity contribution in [3.63, 3.8) is 0 Å². The van der Waals surface area contributed by atoms with Crippen LogP contribution in [0.4, 0.5) is 0 Å². The van der Waals surface area contributed by atoms with E-state index in [1.165, 1.54) is 0 Å². The van der Waals surface area contributed by atoms with E-state index in [1.807, 2.05) is 0 Å². The molecule has 0 aromatic rings. The van der Waals surface area contributed by atoms with Gasteiger partial charge < -0.3 is 11.1 Å². The number of carbonyl (C=O) groups is 1. The van der Waals surface area contributed by atoms with E-state index in [9.17, 15) is 4.79 Å². The highest BCUT2D eigenvalue weighted by molar-refractivity contribution is 7.81. The fourth-order valence-electron chi connectivity index (χ4n) is 0.805. The highest BCUT2D eigenvalue weighted by atomic mass is 32.1. The van der Waals surface area contributed by atoms with Crippen molar-refractivity contribution in [2.45, 2.75) is 19.0 Å². The van der Waals surface area contributed by atoms with Gasteiger partial charge in [-0.05, 0) is 18.8 Å². The molecule has 0 bridgehead atoms. The van der Waals surface area contributed by atoms with Crippen LogP contribution in [0, 0.1) is 5.92 Å². The monoisotopic (exact) mass is 160 g/mol. The zero-order valence-corrected chi connectivity index (χ0v) is 6.60. The Balaban J connectivity index is 2.16. The lowest BCUT2D eigenvalue weighted by Crippen LogP contribution is -2.43. The molecule has 1 amide bonds. The van der Waals surface area contributed by atoms with Crippen LogP contribution in [0.5, 0.6) is 0 Å². The number of nitrogens with two attached hydrogens (primary N) is 1. The number of thiol groups is 1. The third-order valence-corrected chi connectivity index (χ3v) is 1.89. The lowest BCUT2D eigenvalue weighted by Gasteiger charge is -2.10. The van der Waals surface area contributed by atoms with Gasteiger partial charge in [-0.2, -0.15) is 12.6 Å². The van der Waals surface area contributed by atoms with Crippen molar-refractivity contribution in [2.24, 2.45) is 11.7 Å². The van der Waals surface area contributed by atoms with Crippen LogP contribution < -0.4 is 11.1 Å². The van der Waals surface area contributed by atoms with Crippen molar-refractivity contribution in [2.75, 3.05) is 5.75 Å². The number of amides is 1. The molecule has 0 radical (unpaired) electrons. The highest BCUT2D eigenvalue weighted by Gasteiger charge is 2.29. The third kappa shape index (κ3) is 2.19. The average Bonchev–Trinajstić information content (AvgIpc) is 2.68. The predicted molar refractivity (Wildman–Crippen MR) is 42.7 cm³/mol. The largest absolute Gasteiger partial charge is 0.340 e. The summed E-state index contributed by atoms with van der Waals surface area (Å²) >= 11 is 3.81. The van der Waals surface area contributed by atoms with Gasteiger partial charge in [-0.1, -0.05) is 0 Å². The normalized spacial score (nSPS) is 20.2. The van der Waals surface area contributed by atoms with Gasteiger partial charge >= 0.3 is 0 Å². The van der Waals surface area contributed by atoms with E-state index in [0.717, 1.165) is 12.8 Å². The molecule has 10 heavy (non-hydrogen) atoms. The average molecular weight is 160 g/mol. The van der Waals surface area contributed by atoms with Gasteiger partial charge in [0, 0.05) is 0 Å². The molecule has 1 rings (SSSR count). The first-order valence-electron chi connectivity index (χ1n) is 3.40. The molecule has 0 aliphatic heterocycles. The van der Waals surface area contributed by atoms with Crippen LogP contribution in [0.25, 0.3) is 0 Å². The van der Waals surface area contributed by atoms with E-state index in [-0.39, 0.29) is 17.8 Å². The Hall–Kier alpha value is -0.220. The molecule has 0 saturated heterocycles. The van der Waals surface area contributed by atoms with Crippen LogP contribution in [0.15, 0.2) is 0 Å². The Bertz CT molecular complexity index is 136. The van der Waals surface area contributed by atoms with Crippen molar-refractivity contribution in [1.29, 1.82) is 0 Å². The molecule has 3 N–H and O–H groups in total. The van der Waals surface area contributed by atoms with Crippen molar-refractivity contribution >= 4 is 18.5 Å². The van der Waals surface area contributed by atoms with E-state index in [0.29, 0.717) is 5.92 Å². The molecule has 1 aliphatic carbocycles. The number of hydrogen-bond acceptors (Lipinski definition) is 3. The van der Waals surface area contributed by atoms with E-state index >= 15 is 0 Å². The van der Waals surface area contributed by atoms with Gasteiger partial charge in [0.1, 0.15) is 0 Å². The smallest absolute Gasteiger partial charge is 0.230 e. The maximum atomic E-state index is 10.7. The standard InChI is InChI=1S/C6H12N2OS/c7-6(4-1-2-4)8-5(9)3-10/h4,6,10H,1-3,7H2,(H,8,9)/t6-/m1/s1. The number of nitrogens with one attached hydrogen (secondary N) is 1. The summed E-state index contributed by atoms with van der Waals surface area (Å²) in [7, 11) is 0. The highest BCUT2D eigenvalue weighted by Crippen LogP contribution is 2.30. The summed E-state index contributed by atoms with van der Waals surface area (Å²) in [6.07, 6.45) is 2.15. The van der Waals surface area contributed by atoms with E-state index < -0.39 is 0 Å². The zero-order chi connectivity index (χ0) is 7.56. The summed E-state index contributed by atoms with van der Waals surface area (Å²) in [6, 6.07) is 0. The molecular formula is C6H12N2OS. The fraction of sp³-hybridized carbons (Fsp3) is 0.833. The Labute approximate surface area is 65.8 Å². The molecule has 0 heterocycles. The van der Waals surface area contributed by atoms with Gasteiger partial charge in [-0.15, -0.1) is 0 Å². The molecular weight excluding hydrogens is 148 g/mol. The molecule has 4 heteroatoms. The predicted octanol–water partition coefficient (Wildman–Crippen LogP) is -0.273. The molecule has 3 nitrogen and oxygen atoms in total. The van der Waals surface area contributed by atoms with Gasteiger partial charge in [0.15, 0.2) is 0 Å². The van der Waals surface area contributed by atoms with E-state index in [4.69, 9.17) is 5.73 Å². The van der Waals surface area contributed by atoms with Gasteiger partial charge in [0.05, 0.1) is 11.9 Å². The molecule has 1 aliphatic rings. The second-order valence-corrected chi connectivity index (χ2v) is 2.91. The van der Waals surface area contributed by atoms with E-state index in [1.54, 1.807) is 0 Å². The Morgan fingerprint density at radius 2 is 2.40 bits per heavy atom. The van der Waals surface area contributed by atoms with Gasteiger partial charge in [-0.25, -0.2) is 0 Å². The van der Waals surface area contributed by atoms with Crippen molar-refractivity contribution < 1.29 is 4.79 Å². The van der Waals surface area contributed by atoms with E-state index in [2.05, 4.69) is 17.9 Å². The van der Waals surface area contributed by atoms with Gasteiger partial charge in [-0.3, -0.25) is 4.79 Å². The first-order chi connectivity index (χ1) is 4.74. The molecule has 58 valence electrons. The Kier molecular flexibility index (Phi) is 2.56. The van der Waals surface area contributed by atoms with Gasteiger partial charge in [0.25, 0.3) is 0 Å². The molecule has 0 unspecified atom stereocenters. The van der Waals surface area contributed by atoms with Crippen molar-refractivity contribution in [1.82, 2.24) is 5.32 Å². The first kappa shape index (κ1) is 7.88. The minimum Gasteiger partial charge on any atom is -0.340 e. The van der Waals surface area contributed by atoms with Crippen LogP contribution in [-0.4, -0.2) is 17.8 Å². The number of carbonyl (C=O) groups excluding carboxylic acids is 1. The molecule has 0 aromatic heterocycles. The summed E-state index contributed by atoms with van der Waals surface area (Å²) in [5, 5.41) is 2.65. The molecule has 1 saturated carbocycles. The minimum absolute atomic E-state index is 0.0808. The quantitative estimate of drug-likeness (QED) is 0.393. The van der Waals surface area contributed by atoms with Crippen LogP contribution in [0.3, 0.4) is 0 Å².